The van der Waals surface area contributed by atoms with Crippen LogP contribution in [0.1, 0.15) is 23.6 Å². The van der Waals surface area contributed by atoms with E-state index in [0.717, 1.165) is 34.0 Å². The summed E-state index contributed by atoms with van der Waals surface area (Å²) in [7, 11) is 0. The normalized spacial score (nSPS) is 16.7. The summed E-state index contributed by atoms with van der Waals surface area (Å²) in [6.07, 6.45) is 0.787. The van der Waals surface area contributed by atoms with Gasteiger partial charge in [0.2, 0.25) is 0 Å². The lowest BCUT2D eigenvalue weighted by Gasteiger charge is -2.24. The molecule has 1 aliphatic heterocycles. The van der Waals surface area contributed by atoms with E-state index in [4.69, 9.17) is 39.9 Å². The molecule has 1 aliphatic rings. The van der Waals surface area contributed by atoms with E-state index < -0.39 is 0 Å². The maximum Gasteiger partial charge on any atom is 0.0831 e. The van der Waals surface area contributed by atoms with Crippen LogP contribution in [0, 0.1) is 0 Å². The third-order valence-corrected chi connectivity index (χ3v) is 5.15. The Morgan fingerprint density at radius 1 is 0.769 bits per heavy atom. The van der Waals surface area contributed by atoms with Crippen LogP contribution in [0.2, 0.25) is 15.1 Å². The number of hydrogen-bond donors (Lipinski definition) is 0. The Balaban J connectivity index is 1.75. The average molecular weight is 402 g/mol. The van der Waals surface area contributed by atoms with Crippen molar-refractivity contribution in [3.63, 3.8) is 0 Å². The number of benzene rings is 3. The molecular formula is C21H15Cl3N2. The van der Waals surface area contributed by atoms with E-state index in [2.05, 4.69) is 0 Å². The minimum atomic E-state index is 0.0800. The van der Waals surface area contributed by atoms with E-state index in [1.807, 2.05) is 77.8 Å². The van der Waals surface area contributed by atoms with Crippen molar-refractivity contribution in [2.45, 2.75) is 12.5 Å². The Bertz CT molecular complexity index is 950. The molecule has 0 fully saturated rings. The lowest BCUT2D eigenvalue weighted by Crippen LogP contribution is -2.18. The van der Waals surface area contributed by atoms with Gasteiger partial charge >= 0.3 is 0 Å². The molecule has 0 N–H and O–H groups in total. The molecule has 130 valence electrons. The Hall–Kier alpha value is -2.00. The number of rotatable bonds is 3. The van der Waals surface area contributed by atoms with Crippen LogP contribution in [0.5, 0.6) is 0 Å². The molecule has 0 amide bonds. The van der Waals surface area contributed by atoms with Gasteiger partial charge in [0.05, 0.1) is 17.4 Å². The summed E-state index contributed by atoms with van der Waals surface area (Å²) in [5.74, 6) is 0. The Morgan fingerprint density at radius 2 is 1.42 bits per heavy atom. The van der Waals surface area contributed by atoms with Crippen LogP contribution in [0.15, 0.2) is 77.9 Å². The van der Waals surface area contributed by atoms with Crippen molar-refractivity contribution in [3.8, 4) is 0 Å². The van der Waals surface area contributed by atoms with Gasteiger partial charge in [-0.15, -0.1) is 0 Å². The molecule has 1 heterocycles. The first-order chi connectivity index (χ1) is 12.6. The first-order valence-corrected chi connectivity index (χ1v) is 9.37. The molecule has 1 atom stereocenters. The standard InChI is InChI=1S/C21H15Cl3N2/c22-16-8-4-14(5-9-16)20-13-21(15-6-10-17(23)11-7-15)26(25-20)19-3-1-2-18(24)12-19/h1-12,21H,13H2/t21-/m0/s1. The van der Waals surface area contributed by atoms with Gasteiger partial charge in [0.1, 0.15) is 0 Å². The highest BCUT2D eigenvalue weighted by Gasteiger charge is 2.30. The van der Waals surface area contributed by atoms with Gasteiger partial charge in [0.15, 0.2) is 0 Å². The van der Waals surface area contributed by atoms with Crippen LogP contribution in [-0.2, 0) is 0 Å². The topological polar surface area (TPSA) is 15.6 Å². The second-order valence-electron chi connectivity index (χ2n) is 6.15. The lowest BCUT2D eigenvalue weighted by atomic mass is 9.98. The summed E-state index contributed by atoms with van der Waals surface area (Å²) < 4.78 is 0. The fourth-order valence-corrected chi connectivity index (χ4v) is 3.56. The number of hydrazone groups is 1. The maximum atomic E-state index is 6.20. The van der Waals surface area contributed by atoms with Crippen molar-refractivity contribution in [2.24, 2.45) is 5.10 Å². The van der Waals surface area contributed by atoms with Gasteiger partial charge in [-0.3, -0.25) is 5.01 Å². The van der Waals surface area contributed by atoms with Crippen LogP contribution in [0.3, 0.4) is 0 Å². The Kier molecular flexibility index (Phi) is 4.90. The molecule has 0 saturated heterocycles. The van der Waals surface area contributed by atoms with Gasteiger partial charge in [0, 0.05) is 21.5 Å². The van der Waals surface area contributed by atoms with Crippen molar-refractivity contribution >= 4 is 46.2 Å². The van der Waals surface area contributed by atoms with Crippen molar-refractivity contribution in [2.75, 3.05) is 5.01 Å². The fourth-order valence-electron chi connectivity index (χ4n) is 3.13. The van der Waals surface area contributed by atoms with Gasteiger partial charge in [0.25, 0.3) is 0 Å². The smallest absolute Gasteiger partial charge is 0.0831 e. The largest absolute Gasteiger partial charge is 0.257 e. The Morgan fingerprint density at radius 3 is 2.08 bits per heavy atom. The zero-order valence-corrected chi connectivity index (χ0v) is 16.0. The summed E-state index contributed by atoms with van der Waals surface area (Å²) in [5.41, 5.74) is 4.20. The first-order valence-electron chi connectivity index (χ1n) is 8.24. The minimum Gasteiger partial charge on any atom is -0.257 e. The maximum absolute atomic E-state index is 6.20. The highest BCUT2D eigenvalue weighted by molar-refractivity contribution is 6.31. The molecule has 0 spiro atoms. The van der Waals surface area contributed by atoms with Crippen molar-refractivity contribution in [1.29, 1.82) is 0 Å². The van der Waals surface area contributed by atoms with E-state index >= 15 is 0 Å². The molecule has 0 saturated carbocycles. The summed E-state index contributed by atoms with van der Waals surface area (Å²) >= 11 is 18.3. The first kappa shape index (κ1) is 17.4. The molecular weight excluding hydrogens is 387 g/mol. The zero-order valence-electron chi connectivity index (χ0n) is 13.7. The molecule has 0 radical (unpaired) electrons. The SMILES string of the molecule is Clc1ccc(C2=NN(c3cccc(Cl)c3)[C@H](c3ccc(Cl)cc3)C2)cc1. The van der Waals surface area contributed by atoms with Crippen LogP contribution < -0.4 is 5.01 Å². The quantitative estimate of drug-likeness (QED) is 0.461. The predicted octanol–water partition coefficient (Wildman–Crippen LogP) is 7.00. The van der Waals surface area contributed by atoms with Crippen molar-refractivity contribution in [1.82, 2.24) is 0 Å². The van der Waals surface area contributed by atoms with Gasteiger partial charge in [-0.25, -0.2) is 0 Å². The van der Waals surface area contributed by atoms with E-state index in [1.165, 1.54) is 0 Å². The van der Waals surface area contributed by atoms with E-state index in [0.29, 0.717) is 10.0 Å². The zero-order chi connectivity index (χ0) is 18.1. The molecule has 0 aromatic heterocycles. The number of nitrogens with zero attached hydrogens (tertiary/aromatic N) is 2. The molecule has 0 unspecified atom stereocenters. The molecule has 26 heavy (non-hydrogen) atoms. The summed E-state index contributed by atoms with van der Waals surface area (Å²) in [6.45, 7) is 0. The summed E-state index contributed by atoms with van der Waals surface area (Å²) in [6, 6.07) is 23.5. The fraction of sp³-hybridized carbons (Fsp3) is 0.0952. The highest BCUT2D eigenvalue weighted by atomic mass is 35.5. The van der Waals surface area contributed by atoms with Crippen LogP contribution in [-0.4, -0.2) is 5.71 Å². The van der Waals surface area contributed by atoms with E-state index in [-0.39, 0.29) is 6.04 Å². The lowest BCUT2D eigenvalue weighted by molar-refractivity contribution is 0.709. The molecule has 4 rings (SSSR count). The van der Waals surface area contributed by atoms with Crippen LogP contribution in [0.4, 0.5) is 5.69 Å². The summed E-state index contributed by atoms with van der Waals surface area (Å²) in [5, 5.41) is 9.05. The molecule has 2 nitrogen and oxygen atoms in total. The van der Waals surface area contributed by atoms with Crippen LogP contribution >= 0.6 is 34.8 Å². The molecule has 5 heteroatoms. The number of hydrogen-bond acceptors (Lipinski definition) is 2. The van der Waals surface area contributed by atoms with Crippen LogP contribution in [0.25, 0.3) is 0 Å². The molecule has 0 bridgehead atoms. The molecule has 3 aromatic carbocycles. The second kappa shape index (κ2) is 7.32. The number of anilines is 1. The average Bonchev–Trinajstić information content (AvgIpc) is 3.08. The Labute approximate surface area is 167 Å². The molecule has 0 aliphatic carbocycles. The van der Waals surface area contributed by atoms with Gasteiger partial charge in [-0.05, 0) is 53.6 Å². The highest BCUT2D eigenvalue weighted by Crippen LogP contribution is 2.37. The monoisotopic (exact) mass is 400 g/mol. The van der Waals surface area contributed by atoms with E-state index in [1.54, 1.807) is 0 Å². The third kappa shape index (κ3) is 3.59. The predicted molar refractivity (Wildman–Crippen MR) is 111 cm³/mol. The molecule has 3 aromatic rings. The van der Waals surface area contributed by atoms with Gasteiger partial charge in [-0.1, -0.05) is 65.1 Å². The van der Waals surface area contributed by atoms with Gasteiger partial charge in [-0.2, -0.15) is 5.10 Å². The van der Waals surface area contributed by atoms with Crippen molar-refractivity contribution in [3.05, 3.63) is 99.0 Å². The third-order valence-electron chi connectivity index (χ3n) is 4.42. The minimum absolute atomic E-state index is 0.0800. The van der Waals surface area contributed by atoms with Crippen molar-refractivity contribution < 1.29 is 0 Å². The van der Waals surface area contributed by atoms with Gasteiger partial charge < -0.3 is 0 Å². The summed E-state index contributed by atoms with van der Waals surface area (Å²) in [4.78, 5) is 0. The second-order valence-corrected chi connectivity index (χ2v) is 7.46. The number of halogens is 3. The van der Waals surface area contributed by atoms with E-state index in [9.17, 15) is 0 Å².